The maximum Gasteiger partial charge on any atom is 0.446 e. The normalized spacial score (nSPS) is 22.8. The number of allylic oxidation sites excluding steroid dienone is 1. The molecule has 0 atom stereocenters. The molecule has 6 heteroatoms. The zero-order valence-electron chi connectivity index (χ0n) is 7.20. The van der Waals surface area contributed by atoms with E-state index >= 15 is 0 Å². The van der Waals surface area contributed by atoms with Gasteiger partial charge in [0, 0.05) is 10.4 Å². The lowest BCUT2D eigenvalue weighted by atomic mass is 10.1. The molecule has 1 rings (SSSR count). The zero-order valence-corrected chi connectivity index (χ0v) is 9.53. The number of alkyl halides is 4. The average Bonchev–Trinajstić information content (AvgIpc) is 2.47. The summed E-state index contributed by atoms with van der Waals surface area (Å²) in [6, 6.07) is 0. The molecule has 0 saturated heterocycles. The third-order valence-electron chi connectivity index (χ3n) is 2.16. The van der Waals surface area contributed by atoms with Crippen LogP contribution in [0.5, 0.6) is 0 Å². The fourth-order valence-corrected chi connectivity index (χ4v) is 3.03. The third-order valence-corrected chi connectivity index (χ3v) is 4.16. The molecule has 0 aliphatic heterocycles. The highest BCUT2D eigenvalue weighted by Crippen LogP contribution is 2.50. The lowest BCUT2D eigenvalue weighted by Gasteiger charge is -2.23. The Labute approximate surface area is 94.8 Å². The second-order valence-electron chi connectivity index (χ2n) is 3.19. The highest BCUT2D eigenvalue weighted by molar-refractivity contribution is 8.04. The van der Waals surface area contributed by atoms with E-state index in [0.29, 0.717) is 12.8 Å². The Bertz CT molecular complexity index is 231. The van der Waals surface area contributed by atoms with Gasteiger partial charge in [0.05, 0.1) is 4.87 Å². The number of hydrogen-bond acceptors (Lipinski definition) is 1. The van der Waals surface area contributed by atoms with Crippen molar-refractivity contribution in [3.8, 4) is 0 Å². The maximum atomic E-state index is 12.1. The van der Waals surface area contributed by atoms with Crippen LogP contribution in [0.2, 0.25) is 0 Å². The SMILES string of the molecule is FC(F)(F)S/C(=C\Cl)C1(Cl)CCCC1. The van der Waals surface area contributed by atoms with Gasteiger partial charge >= 0.3 is 5.51 Å². The standard InChI is InChI=1S/C8H9Cl2F3S/c9-5-6(14-8(11,12)13)7(10)3-1-2-4-7/h5H,1-4H2/b6-5-. The van der Waals surface area contributed by atoms with Crippen LogP contribution in [0.15, 0.2) is 10.4 Å². The van der Waals surface area contributed by atoms with Crippen molar-refractivity contribution in [1.82, 2.24) is 0 Å². The first-order valence-corrected chi connectivity index (χ1v) is 5.76. The molecule has 0 aromatic rings. The topological polar surface area (TPSA) is 0 Å². The summed E-state index contributed by atoms with van der Waals surface area (Å²) in [5, 5.41) is 0. The van der Waals surface area contributed by atoms with Crippen molar-refractivity contribution >= 4 is 35.0 Å². The Kier molecular flexibility index (Phi) is 4.06. The van der Waals surface area contributed by atoms with Gasteiger partial charge in [0.2, 0.25) is 0 Å². The molecule has 1 aliphatic carbocycles. The fraction of sp³-hybridized carbons (Fsp3) is 0.750. The van der Waals surface area contributed by atoms with E-state index in [0.717, 1.165) is 18.4 Å². The molecule has 1 aliphatic rings. The van der Waals surface area contributed by atoms with E-state index in [1.165, 1.54) is 0 Å². The molecule has 0 spiro atoms. The molecule has 0 unspecified atom stereocenters. The first-order valence-electron chi connectivity index (χ1n) is 4.13. The summed E-state index contributed by atoms with van der Waals surface area (Å²) in [4.78, 5) is -0.868. The number of thioether (sulfide) groups is 1. The molecule has 0 aromatic heterocycles. The van der Waals surface area contributed by atoms with Crippen molar-refractivity contribution in [3.63, 3.8) is 0 Å². The minimum atomic E-state index is -4.31. The minimum Gasteiger partial charge on any atom is -0.160 e. The van der Waals surface area contributed by atoms with Gasteiger partial charge in [-0.1, -0.05) is 24.4 Å². The lowest BCUT2D eigenvalue weighted by Crippen LogP contribution is -2.20. The van der Waals surface area contributed by atoms with Crippen LogP contribution >= 0.6 is 35.0 Å². The van der Waals surface area contributed by atoms with Crippen LogP contribution in [0, 0.1) is 0 Å². The van der Waals surface area contributed by atoms with Gasteiger partial charge in [-0.3, -0.25) is 0 Å². The molecule has 0 heterocycles. The molecule has 0 nitrogen and oxygen atoms in total. The van der Waals surface area contributed by atoms with E-state index in [2.05, 4.69) is 0 Å². The predicted octanol–water partition coefficient (Wildman–Crippen LogP) is 4.87. The quantitative estimate of drug-likeness (QED) is 0.642. The summed E-state index contributed by atoms with van der Waals surface area (Å²) < 4.78 is 36.4. The number of rotatable bonds is 2. The summed E-state index contributed by atoms with van der Waals surface area (Å²) in [5.41, 5.74) is -3.36. The van der Waals surface area contributed by atoms with Crippen LogP contribution in [-0.4, -0.2) is 10.4 Å². The Morgan fingerprint density at radius 1 is 1.29 bits per heavy atom. The van der Waals surface area contributed by atoms with E-state index in [1.807, 2.05) is 0 Å². The van der Waals surface area contributed by atoms with Crippen molar-refractivity contribution in [2.45, 2.75) is 36.1 Å². The Morgan fingerprint density at radius 2 is 1.79 bits per heavy atom. The Hall–Kier alpha value is 0.460. The summed E-state index contributed by atoms with van der Waals surface area (Å²) >= 11 is 11.2. The van der Waals surface area contributed by atoms with Gasteiger partial charge in [-0.15, -0.1) is 11.6 Å². The largest absolute Gasteiger partial charge is 0.446 e. The van der Waals surface area contributed by atoms with Crippen LogP contribution < -0.4 is 0 Å². The second-order valence-corrected chi connectivity index (χ2v) is 5.24. The van der Waals surface area contributed by atoms with Gasteiger partial charge in [-0.25, -0.2) is 0 Å². The number of halogens is 5. The fourth-order valence-electron chi connectivity index (χ4n) is 1.52. The molecule has 0 aromatic carbocycles. The van der Waals surface area contributed by atoms with Crippen molar-refractivity contribution < 1.29 is 13.2 Å². The molecule has 0 amide bonds. The van der Waals surface area contributed by atoms with Crippen LogP contribution in [0.25, 0.3) is 0 Å². The van der Waals surface area contributed by atoms with Crippen LogP contribution in [0.1, 0.15) is 25.7 Å². The highest BCUT2D eigenvalue weighted by Gasteiger charge is 2.41. The van der Waals surface area contributed by atoms with E-state index in [1.54, 1.807) is 0 Å². The summed E-state index contributed by atoms with van der Waals surface area (Å²) in [6.07, 6.45) is 2.85. The van der Waals surface area contributed by atoms with E-state index in [4.69, 9.17) is 23.2 Å². The highest BCUT2D eigenvalue weighted by atomic mass is 35.5. The molecule has 14 heavy (non-hydrogen) atoms. The second kappa shape index (κ2) is 4.54. The first-order chi connectivity index (χ1) is 6.37. The van der Waals surface area contributed by atoms with Crippen molar-refractivity contribution in [2.24, 2.45) is 0 Å². The van der Waals surface area contributed by atoms with Crippen LogP contribution in [0.4, 0.5) is 13.2 Å². The van der Waals surface area contributed by atoms with Crippen LogP contribution in [-0.2, 0) is 0 Å². The van der Waals surface area contributed by atoms with Gasteiger partial charge < -0.3 is 0 Å². The molecule has 1 saturated carbocycles. The van der Waals surface area contributed by atoms with E-state index in [-0.39, 0.29) is 16.7 Å². The van der Waals surface area contributed by atoms with Crippen molar-refractivity contribution in [3.05, 3.63) is 10.4 Å². The van der Waals surface area contributed by atoms with Gasteiger partial charge in [0.15, 0.2) is 0 Å². The maximum absolute atomic E-state index is 12.1. The molecule has 0 N–H and O–H groups in total. The van der Waals surface area contributed by atoms with Crippen LogP contribution in [0.3, 0.4) is 0 Å². The first kappa shape index (κ1) is 12.5. The smallest absolute Gasteiger partial charge is 0.160 e. The van der Waals surface area contributed by atoms with E-state index in [9.17, 15) is 13.2 Å². The van der Waals surface area contributed by atoms with Gasteiger partial charge in [0.25, 0.3) is 0 Å². The van der Waals surface area contributed by atoms with Crippen molar-refractivity contribution in [1.29, 1.82) is 0 Å². The summed E-state index contributed by atoms with van der Waals surface area (Å²) in [7, 11) is 0. The summed E-state index contributed by atoms with van der Waals surface area (Å²) in [6.45, 7) is 0. The molecular weight excluding hydrogens is 256 g/mol. The van der Waals surface area contributed by atoms with Gasteiger partial charge in [0.1, 0.15) is 0 Å². The van der Waals surface area contributed by atoms with Gasteiger partial charge in [-0.2, -0.15) is 13.2 Å². The monoisotopic (exact) mass is 264 g/mol. The molecule has 82 valence electrons. The summed E-state index contributed by atoms with van der Waals surface area (Å²) in [5.74, 6) is 0. The predicted molar refractivity (Wildman–Crippen MR) is 54.6 cm³/mol. The molecule has 0 bridgehead atoms. The van der Waals surface area contributed by atoms with E-state index < -0.39 is 10.4 Å². The molecule has 1 fully saturated rings. The average molecular weight is 265 g/mol. The Morgan fingerprint density at radius 3 is 2.14 bits per heavy atom. The molecular formula is C8H9Cl2F3S. The number of hydrogen-bond donors (Lipinski definition) is 0. The third kappa shape index (κ3) is 3.24. The van der Waals surface area contributed by atoms with Crippen molar-refractivity contribution in [2.75, 3.05) is 0 Å². The van der Waals surface area contributed by atoms with Gasteiger partial charge in [-0.05, 0) is 24.6 Å². The lowest BCUT2D eigenvalue weighted by molar-refractivity contribution is -0.0323. The zero-order chi connectivity index (χ0) is 10.8. The minimum absolute atomic E-state index is 0.0193. The Balaban J connectivity index is 2.72. The molecule has 0 radical (unpaired) electrons.